The zero-order chi connectivity index (χ0) is 58.4. The second-order valence-electron chi connectivity index (χ2n) is 26.3. The van der Waals surface area contributed by atoms with E-state index in [1.165, 1.54) is 321 Å². The van der Waals surface area contributed by atoms with Crippen molar-refractivity contribution in [3.8, 4) is 0 Å². The Hall–Kier alpha value is -0.760. The highest BCUT2D eigenvalue weighted by atomic mass is 31.2. The van der Waals surface area contributed by atoms with E-state index < -0.39 is 20.0 Å². The monoisotopic (exact) mass is 1150 g/mol. The third-order valence-electron chi connectivity index (χ3n) is 17.0. The minimum atomic E-state index is -4.33. The van der Waals surface area contributed by atoms with Crippen molar-refractivity contribution in [2.45, 2.75) is 398 Å². The lowest BCUT2D eigenvalue weighted by molar-refractivity contribution is -0.870. The Bertz CT molecular complexity index is 1310. The molecule has 0 aliphatic heterocycles. The highest BCUT2D eigenvalue weighted by Gasteiger charge is 2.28. The number of aliphatic hydroxyl groups excluding tert-OH is 1. The lowest BCUT2D eigenvalue weighted by Crippen LogP contribution is -2.46. The van der Waals surface area contributed by atoms with Crippen LogP contribution in [0.3, 0.4) is 0 Å². The number of aliphatic hydroxyl groups is 1. The van der Waals surface area contributed by atoms with Gasteiger partial charge < -0.3 is 19.8 Å². The molecule has 0 aliphatic carbocycles. The van der Waals surface area contributed by atoms with E-state index in [2.05, 4.69) is 31.3 Å². The highest BCUT2D eigenvalue weighted by molar-refractivity contribution is 7.47. The van der Waals surface area contributed by atoms with Crippen molar-refractivity contribution in [3.63, 3.8) is 0 Å². The fraction of sp³-hybridized carbons (Fsp3) is 0.958. The Labute approximate surface area is 501 Å². The van der Waals surface area contributed by atoms with Crippen molar-refractivity contribution < 1.29 is 32.9 Å². The van der Waals surface area contributed by atoms with Gasteiger partial charge in [-0.3, -0.25) is 13.8 Å². The lowest BCUT2D eigenvalue weighted by Gasteiger charge is -2.26. The fourth-order valence-corrected chi connectivity index (χ4v) is 12.1. The predicted octanol–water partition coefficient (Wildman–Crippen LogP) is 22.9. The molecule has 8 nitrogen and oxygen atoms in total. The maximum atomic E-state index is 13.1. The van der Waals surface area contributed by atoms with Crippen LogP contribution in [0.4, 0.5) is 0 Å². The molecule has 0 aromatic rings. The van der Waals surface area contributed by atoms with E-state index in [0.717, 1.165) is 38.5 Å². The Morgan fingerprint density at radius 1 is 0.412 bits per heavy atom. The minimum absolute atomic E-state index is 0.0783. The van der Waals surface area contributed by atoms with Crippen molar-refractivity contribution in [3.05, 3.63) is 12.2 Å². The van der Waals surface area contributed by atoms with Crippen LogP contribution < -0.4 is 5.32 Å². The second kappa shape index (κ2) is 62.8. The molecule has 0 spiro atoms. The normalized spacial score (nSPS) is 13.6. The van der Waals surface area contributed by atoms with E-state index in [1.54, 1.807) is 0 Å². The molecule has 0 aromatic carbocycles. The Balaban J connectivity index is 3.97. The van der Waals surface area contributed by atoms with E-state index in [0.29, 0.717) is 23.9 Å². The van der Waals surface area contributed by atoms with Gasteiger partial charge in [0.2, 0.25) is 5.91 Å². The smallest absolute Gasteiger partial charge is 0.391 e. The second-order valence-corrected chi connectivity index (χ2v) is 27.8. The van der Waals surface area contributed by atoms with Crippen LogP contribution in [0, 0.1) is 0 Å². The topological polar surface area (TPSA) is 105 Å². The van der Waals surface area contributed by atoms with Crippen LogP contribution in [0.2, 0.25) is 0 Å². The van der Waals surface area contributed by atoms with Crippen molar-refractivity contribution in [2.75, 3.05) is 40.9 Å². The van der Waals surface area contributed by atoms with Gasteiger partial charge in [-0.15, -0.1) is 0 Å². The van der Waals surface area contributed by atoms with Crippen LogP contribution in [0.5, 0.6) is 0 Å². The number of unbranched alkanes of at least 4 members (excludes halogenated alkanes) is 53. The van der Waals surface area contributed by atoms with E-state index in [1.807, 2.05) is 21.1 Å². The number of phosphoric acid groups is 1. The van der Waals surface area contributed by atoms with Crippen LogP contribution in [0.15, 0.2) is 12.2 Å². The number of amides is 1. The number of nitrogens with zero attached hydrogens (tertiary/aromatic N) is 1. The molecule has 3 unspecified atom stereocenters. The average molecular weight is 1150 g/mol. The van der Waals surface area contributed by atoms with Gasteiger partial charge in [0.15, 0.2) is 0 Å². The van der Waals surface area contributed by atoms with Gasteiger partial charge in [-0.2, -0.15) is 0 Å². The summed E-state index contributed by atoms with van der Waals surface area (Å²) < 4.78 is 23.9. The molecule has 0 fully saturated rings. The summed E-state index contributed by atoms with van der Waals surface area (Å²) in [4.78, 5) is 23.5. The SMILES string of the molecule is CCCCCCCCCCCCCC/C=C\CCCCCCCCCCCCCCCCCCCC(=O)NC(COP(=O)(O)OCC[N+](C)(C)C)C(O)CCCCCCCCCCCCCCCCCCCCCCCCCCC. The number of allylic oxidation sites excluding steroid dienone is 2. The molecule has 0 heterocycles. The number of quaternary nitrogens is 1. The summed E-state index contributed by atoms with van der Waals surface area (Å²) in [6.45, 7) is 4.96. The molecular weight excluding hydrogens is 1010 g/mol. The van der Waals surface area contributed by atoms with E-state index >= 15 is 0 Å². The Morgan fingerprint density at radius 2 is 0.675 bits per heavy atom. The molecule has 478 valence electrons. The quantitative estimate of drug-likeness (QED) is 0.0243. The first-order valence-electron chi connectivity index (χ1n) is 36.1. The maximum absolute atomic E-state index is 13.1. The zero-order valence-corrected chi connectivity index (χ0v) is 55.8. The first-order valence-corrected chi connectivity index (χ1v) is 37.5. The first-order chi connectivity index (χ1) is 39.0. The third-order valence-corrected chi connectivity index (χ3v) is 18.0. The summed E-state index contributed by atoms with van der Waals surface area (Å²) in [5, 5.41) is 14.2. The molecule has 0 radical (unpaired) electrons. The van der Waals surface area contributed by atoms with Crippen molar-refractivity contribution in [1.82, 2.24) is 5.32 Å². The van der Waals surface area contributed by atoms with Gasteiger partial charge in [0.05, 0.1) is 39.9 Å². The molecular formula is C71H144N2O6P+. The lowest BCUT2D eigenvalue weighted by atomic mass is 10.0. The molecule has 0 saturated carbocycles. The minimum Gasteiger partial charge on any atom is -0.391 e. The number of carbonyl (C=O) groups is 1. The zero-order valence-electron chi connectivity index (χ0n) is 54.9. The van der Waals surface area contributed by atoms with E-state index in [-0.39, 0.29) is 19.1 Å². The number of rotatable bonds is 68. The Morgan fingerprint density at radius 3 is 0.963 bits per heavy atom. The van der Waals surface area contributed by atoms with Crippen LogP contribution in [0.1, 0.15) is 386 Å². The average Bonchev–Trinajstić information content (AvgIpc) is 3.42. The predicted molar refractivity (Wildman–Crippen MR) is 351 cm³/mol. The van der Waals surface area contributed by atoms with Crippen molar-refractivity contribution >= 4 is 13.7 Å². The number of carbonyl (C=O) groups excluding carboxylic acids is 1. The molecule has 1 amide bonds. The van der Waals surface area contributed by atoms with Crippen LogP contribution >= 0.6 is 7.82 Å². The standard InChI is InChI=1S/C71H143N2O6P/c1-6-8-10-12-14-16-18-20-22-24-26-28-30-32-33-34-35-36-37-38-39-41-43-45-47-49-51-53-55-57-59-61-63-65-71(75)72-69(68-79-80(76,77)78-67-66-73(3,4)5)70(74)64-62-60-58-56-54-52-50-48-46-44-42-40-31-29-27-25-23-21-19-17-15-13-11-9-7-2/h32-33,69-70,74H,6-31,34-68H2,1-5H3,(H-,72,75,76,77)/p+1/b33-32-. The van der Waals surface area contributed by atoms with E-state index in [4.69, 9.17) is 9.05 Å². The third kappa shape index (κ3) is 64.8. The summed E-state index contributed by atoms with van der Waals surface area (Å²) in [5.41, 5.74) is 0. The van der Waals surface area contributed by atoms with Gasteiger partial charge in [0.1, 0.15) is 13.2 Å². The van der Waals surface area contributed by atoms with Crippen LogP contribution in [-0.2, 0) is 18.4 Å². The number of phosphoric ester groups is 1. The molecule has 9 heteroatoms. The van der Waals surface area contributed by atoms with Gasteiger partial charge in [0.25, 0.3) is 0 Å². The summed E-state index contributed by atoms with van der Waals surface area (Å²) in [6.07, 6.45) is 80.4. The summed E-state index contributed by atoms with van der Waals surface area (Å²) >= 11 is 0. The van der Waals surface area contributed by atoms with Crippen LogP contribution in [-0.4, -0.2) is 73.4 Å². The molecule has 80 heavy (non-hydrogen) atoms. The fourth-order valence-electron chi connectivity index (χ4n) is 11.4. The largest absolute Gasteiger partial charge is 0.472 e. The number of nitrogens with one attached hydrogen (secondary N) is 1. The molecule has 0 saturated heterocycles. The molecule has 0 aliphatic rings. The number of likely N-dealkylation sites (N-methyl/N-ethyl adjacent to an activating group) is 1. The highest BCUT2D eigenvalue weighted by Crippen LogP contribution is 2.43. The molecule has 0 rings (SSSR count). The maximum Gasteiger partial charge on any atom is 0.472 e. The summed E-state index contributed by atoms with van der Waals surface area (Å²) in [7, 11) is 1.64. The van der Waals surface area contributed by atoms with E-state index in [9.17, 15) is 19.4 Å². The first kappa shape index (κ1) is 79.2. The van der Waals surface area contributed by atoms with Crippen LogP contribution in [0.25, 0.3) is 0 Å². The molecule has 3 atom stereocenters. The van der Waals surface area contributed by atoms with Crippen molar-refractivity contribution in [1.29, 1.82) is 0 Å². The summed E-state index contributed by atoms with van der Waals surface area (Å²) in [5.74, 6) is -0.135. The van der Waals surface area contributed by atoms with Gasteiger partial charge in [-0.25, -0.2) is 4.57 Å². The van der Waals surface area contributed by atoms with Gasteiger partial charge in [-0.05, 0) is 38.5 Å². The summed E-state index contributed by atoms with van der Waals surface area (Å²) in [6, 6.07) is -0.759. The number of hydrogen-bond acceptors (Lipinski definition) is 5. The molecule has 3 N–H and O–H groups in total. The molecule has 0 bridgehead atoms. The van der Waals surface area contributed by atoms with Gasteiger partial charge >= 0.3 is 7.82 Å². The van der Waals surface area contributed by atoms with Gasteiger partial charge in [-0.1, -0.05) is 353 Å². The van der Waals surface area contributed by atoms with Gasteiger partial charge in [0, 0.05) is 6.42 Å². The van der Waals surface area contributed by atoms with Crippen molar-refractivity contribution in [2.24, 2.45) is 0 Å². The Kier molecular flexibility index (Phi) is 62.2. The number of hydrogen-bond donors (Lipinski definition) is 3. The molecule has 0 aromatic heterocycles.